The molecule has 0 bridgehead atoms. The van der Waals surface area contributed by atoms with Crippen LogP contribution in [-0.4, -0.2) is 35.8 Å². The van der Waals surface area contributed by atoms with E-state index in [1.807, 2.05) is 6.07 Å². The number of rotatable bonds is 3. The monoisotopic (exact) mass is 271 g/mol. The number of piperidine rings is 1. The highest BCUT2D eigenvalue weighted by atomic mass is 16.2. The molecular formula is C16H21N3O. The van der Waals surface area contributed by atoms with Crippen molar-refractivity contribution in [3.05, 3.63) is 35.9 Å². The summed E-state index contributed by atoms with van der Waals surface area (Å²) < 4.78 is 0. The summed E-state index contributed by atoms with van der Waals surface area (Å²) in [6.07, 6.45) is 3.38. The molecule has 2 aliphatic rings. The molecule has 1 unspecified atom stereocenters. The zero-order chi connectivity index (χ0) is 14.0. The SMILES string of the molecule is CC[C@@H]1CN(Cc2ccccc2)CCC12N=CNC2=O. The van der Waals surface area contributed by atoms with Gasteiger partial charge >= 0.3 is 0 Å². The van der Waals surface area contributed by atoms with Crippen molar-refractivity contribution in [3.8, 4) is 0 Å². The average Bonchev–Trinajstić information content (AvgIpc) is 2.84. The smallest absolute Gasteiger partial charge is 0.253 e. The molecule has 2 atom stereocenters. The number of carbonyl (C=O) groups excluding carboxylic acids is 1. The Labute approximate surface area is 119 Å². The van der Waals surface area contributed by atoms with Gasteiger partial charge in [0.2, 0.25) is 0 Å². The quantitative estimate of drug-likeness (QED) is 0.911. The van der Waals surface area contributed by atoms with Crippen molar-refractivity contribution in [2.75, 3.05) is 13.1 Å². The second kappa shape index (κ2) is 5.37. The molecule has 1 N–H and O–H groups in total. The van der Waals surface area contributed by atoms with Crippen molar-refractivity contribution in [1.82, 2.24) is 10.2 Å². The Morgan fingerprint density at radius 3 is 2.85 bits per heavy atom. The van der Waals surface area contributed by atoms with Crippen LogP contribution in [0.5, 0.6) is 0 Å². The number of nitrogens with one attached hydrogen (secondary N) is 1. The van der Waals surface area contributed by atoms with Gasteiger partial charge in [-0.3, -0.25) is 14.7 Å². The summed E-state index contributed by atoms with van der Waals surface area (Å²) in [6, 6.07) is 10.5. The van der Waals surface area contributed by atoms with Crippen LogP contribution in [0.15, 0.2) is 35.3 Å². The number of carbonyl (C=O) groups is 1. The first-order valence-corrected chi connectivity index (χ1v) is 7.35. The number of amides is 1. The van der Waals surface area contributed by atoms with Gasteiger partial charge in [-0.2, -0.15) is 0 Å². The number of aliphatic imine (C=N–C) groups is 1. The number of likely N-dealkylation sites (tertiary alicyclic amines) is 1. The molecule has 1 fully saturated rings. The molecule has 1 aromatic carbocycles. The van der Waals surface area contributed by atoms with Crippen molar-refractivity contribution < 1.29 is 4.79 Å². The normalized spacial score (nSPS) is 29.9. The summed E-state index contributed by atoms with van der Waals surface area (Å²) in [4.78, 5) is 19.1. The van der Waals surface area contributed by atoms with Gasteiger partial charge in [0.25, 0.3) is 5.91 Å². The fraction of sp³-hybridized carbons (Fsp3) is 0.500. The van der Waals surface area contributed by atoms with Crippen molar-refractivity contribution in [1.29, 1.82) is 0 Å². The molecule has 1 aromatic rings. The van der Waals surface area contributed by atoms with E-state index >= 15 is 0 Å². The summed E-state index contributed by atoms with van der Waals surface area (Å²) >= 11 is 0. The van der Waals surface area contributed by atoms with Crippen LogP contribution >= 0.6 is 0 Å². The summed E-state index contributed by atoms with van der Waals surface area (Å²) in [5.41, 5.74) is 0.833. The average molecular weight is 271 g/mol. The van der Waals surface area contributed by atoms with Gasteiger partial charge in [-0.15, -0.1) is 0 Å². The van der Waals surface area contributed by atoms with E-state index in [1.54, 1.807) is 6.34 Å². The summed E-state index contributed by atoms with van der Waals surface area (Å²) in [7, 11) is 0. The molecule has 1 spiro atoms. The molecule has 0 aliphatic carbocycles. The summed E-state index contributed by atoms with van der Waals surface area (Å²) in [5.74, 6) is 0.391. The molecular weight excluding hydrogens is 250 g/mol. The molecule has 0 saturated carbocycles. The molecule has 0 radical (unpaired) electrons. The lowest BCUT2D eigenvalue weighted by molar-refractivity contribution is -0.127. The maximum Gasteiger partial charge on any atom is 0.253 e. The number of hydrogen-bond donors (Lipinski definition) is 1. The number of benzene rings is 1. The van der Waals surface area contributed by atoms with Gasteiger partial charge in [0.1, 0.15) is 5.54 Å². The van der Waals surface area contributed by atoms with Crippen LogP contribution in [0.1, 0.15) is 25.3 Å². The molecule has 2 heterocycles. The Bertz CT molecular complexity index is 514. The van der Waals surface area contributed by atoms with E-state index in [1.165, 1.54) is 5.56 Å². The Hall–Kier alpha value is -1.68. The first-order chi connectivity index (χ1) is 9.74. The number of hydrogen-bond acceptors (Lipinski definition) is 3. The van der Waals surface area contributed by atoms with Crippen LogP contribution in [0.4, 0.5) is 0 Å². The van der Waals surface area contributed by atoms with Crippen molar-refractivity contribution >= 4 is 12.2 Å². The first kappa shape index (κ1) is 13.3. The zero-order valence-corrected chi connectivity index (χ0v) is 11.9. The van der Waals surface area contributed by atoms with Crippen LogP contribution in [0.3, 0.4) is 0 Å². The van der Waals surface area contributed by atoms with E-state index < -0.39 is 5.54 Å². The highest BCUT2D eigenvalue weighted by Gasteiger charge is 2.49. The Kier molecular flexibility index (Phi) is 3.57. The number of nitrogens with zero attached hydrogens (tertiary/aromatic N) is 2. The molecule has 1 saturated heterocycles. The van der Waals surface area contributed by atoms with Gasteiger partial charge < -0.3 is 5.32 Å². The van der Waals surface area contributed by atoms with Crippen LogP contribution < -0.4 is 5.32 Å². The van der Waals surface area contributed by atoms with Crippen LogP contribution in [0.25, 0.3) is 0 Å². The minimum Gasteiger partial charge on any atom is -0.315 e. The lowest BCUT2D eigenvalue weighted by Crippen LogP contribution is -2.55. The minimum atomic E-state index is -0.498. The van der Waals surface area contributed by atoms with Crippen LogP contribution in [-0.2, 0) is 11.3 Å². The van der Waals surface area contributed by atoms with E-state index in [0.717, 1.165) is 32.5 Å². The van der Waals surface area contributed by atoms with Crippen molar-refractivity contribution in [2.45, 2.75) is 31.8 Å². The minimum absolute atomic E-state index is 0.0868. The largest absolute Gasteiger partial charge is 0.315 e. The van der Waals surface area contributed by atoms with E-state index in [4.69, 9.17) is 0 Å². The Morgan fingerprint density at radius 1 is 1.40 bits per heavy atom. The molecule has 0 aromatic heterocycles. The maximum absolute atomic E-state index is 12.1. The van der Waals surface area contributed by atoms with E-state index in [2.05, 4.69) is 46.4 Å². The maximum atomic E-state index is 12.1. The fourth-order valence-corrected chi connectivity index (χ4v) is 3.40. The van der Waals surface area contributed by atoms with E-state index in [-0.39, 0.29) is 5.91 Å². The highest BCUT2D eigenvalue weighted by molar-refractivity contribution is 6.00. The zero-order valence-electron chi connectivity index (χ0n) is 11.9. The van der Waals surface area contributed by atoms with Crippen LogP contribution in [0.2, 0.25) is 0 Å². The molecule has 4 heteroatoms. The van der Waals surface area contributed by atoms with Crippen LogP contribution in [0, 0.1) is 5.92 Å². The molecule has 3 rings (SSSR count). The van der Waals surface area contributed by atoms with E-state index in [9.17, 15) is 4.79 Å². The topological polar surface area (TPSA) is 44.7 Å². The lowest BCUT2D eigenvalue weighted by atomic mass is 9.76. The Balaban J connectivity index is 1.71. The van der Waals surface area contributed by atoms with Gasteiger partial charge in [0.15, 0.2) is 0 Å². The second-order valence-electron chi connectivity index (χ2n) is 5.73. The fourth-order valence-electron chi connectivity index (χ4n) is 3.40. The van der Waals surface area contributed by atoms with Gasteiger partial charge in [0, 0.05) is 25.6 Å². The van der Waals surface area contributed by atoms with Crippen molar-refractivity contribution in [2.24, 2.45) is 10.9 Å². The van der Waals surface area contributed by atoms with Crippen molar-refractivity contribution in [3.63, 3.8) is 0 Å². The summed E-state index contributed by atoms with van der Waals surface area (Å²) in [6.45, 7) is 4.98. The third-order valence-corrected chi connectivity index (χ3v) is 4.59. The first-order valence-electron chi connectivity index (χ1n) is 7.35. The van der Waals surface area contributed by atoms with Gasteiger partial charge in [-0.1, -0.05) is 37.3 Å². The standard InChI is InChI=1S/C16H21N3O/c1-2-14-11-19(10-13-6-4-3-5-7-13)9-8-16(14)15(20)17-12-18-16/h3-7,12,14H,2,8-11H2,1H3,(H,17,18,20)/t14-,16?/m1/s1. The lowest BCUT2D eigenvalue weighted by Gasteiger charge is -2.42. The third kappa shape index (κ3) is 2.24. The predicted molar refractivity (Wildman–Crippen MR) is 79.5 cm³/mol. The second-order valence-corrected chi connectivity index (χ2v) is 5.73. The Morgan fingerprint density at radius 2 is 2.20 bits per heavy atom. The van der Waals surface area contributed by atoms with Gasteiger partial charge in [-0.05, 0) is 18.4 Å². The molecule has 1 amide bonds. The highest BCUT2D eigenvalue weighted by Crippen LogP contribution is 2.36. The van der Waals surface area contributed by atoms with Gasteiger partial charge in [-0.25, -0.2) is 0 Å². The summed E-state index contributed by atoms with van der Waals surface area (Å²) in [5, 5.41) is 2.76. The molecule has 2 aliphatic heterocycles. The third-order valence-electron chi connectivity index (χ3n) is 4.59. The predicted octanol–water partition coefficient (Wildman–Crippen LogP) is 1.82. The molecule has 4 nitrogen and oxygen atoms in total. The molecule has 20 heavy (non-hydrogen) atoms. The molecule has 106 valence electrons. The van der Waals surface area contributed by atoms with Gasteiger partial charge in [0.05, 0.1) is 6.34 Å². The van der Waals surface area contributed by atoms with E-state index in [0.29, 0.717) is 5.92 Å².